The monoisotopic (exact) mass is 705 g/mol. The minimum atomic E-state index is -5.12. The van der Waals surface area contributed by atoms with Crippen LogP contribution in [0, 0.1) is 5.92 Å². The molecule has 0 unspecified atom stereocenters. The molecule has 3 amide bonds. The van der Waals surface area contributed by atoms with Gasteiger partial charge >= 0.3 is 16.3 Å². The van der Waals surface area contributed by atoms with Gasteiger partial charge in [-0.25, -0.2) is 14.1 Å². The van der Waals surface area contributed by atoms with Crippen LogP contribution in [0.3, 0.4) is 0 Å². The van der Waals surface area contributed by atoms with Crippen LogP contribution in [-0.2, 0) is 29.5 Å². The van der Waals surface area contributed by atoms with E-state index < -0.39 is 87.2 Å². The summed E-state index contributed by atoms with van der Waals surface area (Å²) in [6.07, 6.45) is 0.221. The number of nitrogens with zero attached hydrogens (tertiary/aromatic N) is 3. The number of carbonyl (C=O) groups is 5. The maximum absolute atomic E-state index is 13.3. The molecular formula is C27H27N7O12S2. The minimum Gasteiger partial charge on any atom is -0.503 e. The van der Waals surface area contributed by atoms with Crippen LogP contribution in [0.2, 0.25) is 0 Å². The number of carbonyl (C=O) groups excluding carboxylic acids is 4. The number of hydrogen-bond donors (Lipinski definition) is 7. The van der Waals surface area contributed by atoms with Gasteiger partial charge in [0.2, 0.25) is 16.9 Å². The average molecular weight is 706 g/mol. The van der Waals surface area contributed by atoms with Crippen LogP contribution in [0.25, 0.3) is 0 Å². The summed E-state index contributed by atoms with van der Waals surface area (Å²) < 4.78 is 33.7. The first kappa shape index (κ1) is 35.2. The van der Waals surface area contributed by atoms with Crippen molar-refractivity contribution in [3.05, 3.63) is 69.1 Å². The lowest BCUT2D eigenvalue weighted by Gasteiger charge is -2.44. The first-order valence-electron chi connectivity index (χ1n) is 13.5. The number of β-lactam (4-membered cyclic amide) rings is 1. The van der Waals surface area contributed by atoms with E-state index in [0.717, 1.165) is 37.4 Å². The van der Waals surface area contributed by atoms with E-state index in [1.807, 2.05) is 0 Å². The van der Waals surface area contributed by atoms with E-state index in [4.69, 9.17) is 10.6 Å². The molecule has 3 aromatic rings. The Morgan fingerprint density at radius 3 is 2.50 bits per heavy atom. The quantitative estimate of drug-likeness (QED) is 0.0532. The Balaban J connectivity index is 1.50. The average Bonchev–Trinajstić information content (AvgIpc) is 3.43. The van der Waals surface area contributed by atoms with Gasteiger partial charge in [-0.1, -0.05) is 11.2 Å². The summed E-state index contributed by atoms with van der Waals surface area (Å²) >= 11 is 0.927. The van der Waals surface area contributed by atoms with Gasteiger partial charge in [-0.3, -0.25) is 28.5 Å². The molecular weight excluding hydrogens is 678 g/mol. The number of anilines is 2. The Bertz CT molecular complexity index is 2000. The number of nitrogen functional groups attached to an aromatic ring is 1. The van der Waals surface area contributed by atoms with Crippen molar-refractivity contribution in [2.24, 2.45) is 11.1 Å². The number of rotatable bonds is 13. The lowest BCUT2D eigenvalue weighted by atomic mass is 9.84. The number of aliphatic carboxylic acids is 1. The zero-order chi connectivity index (χ0) is 35.6. The number of pyridine rings is 1. The Hall–Kier alpha value is -5.67. The fourth-order valence-electron chi connectivity index (χ4n) is 4.27. The first-order valence-corrected chi connectivity index (χ1v) is 15.8. The van der Waals surface area contributed by atoms with Gasteiger partial charge in [0.15, 0.2) is 22.4 Å². The number of H-pyrrole nitrogens is 1. The highest BCUT2D eigenvalue weighted by Crippen LogP contribution is 2.32. The van der Waals surface area contributed by atoms with Crippen molar-refractivity contribution in [3.8, 4) is 5.75 Å². The molecule has 2 aromatic heterocycles. The molecule has 1 aromatic carbocycles. The Kier molecular flexibility index (Phi) is 9.96. The Morgan fingerprint density at radius 2 is 1.90 bits per heavy atom. The molecule has 2 atom stereocenters. The molecule has 21 heteroatoms. The number of nitrogens with one attached hydrogen (secondary N) is 3. The summed E-state index contributed by atoms with van der Waals surface area (Å²) in [4.78, 5) is 86.2. The lowest BCUT2D eigenvalue weighted by molar-refractivity contribution is -0.161. The summed E-state index contributed by atoms with van der Waals surface area (Å²) in [5, 5.41) is 28.6. The third kappa shape index (κ3) is 7.82. The SMILES string of the molecule is CC(C)(O/N=C(\C(=O)C[C@@H]1C(=O)N(S(=O)(=O)O)[C@@H]1CNC(=O)c1cccc(NC(=O)c2cc(=O)c(O)c[nH]2)c1)c1csc(N)n1)C(=O)O. The molecule has 3 heterocycles. The largest absolute Gasteiger partial charge is 0.503 e. The fourth-order valence-corrected chi connectivity index (χ4v) is 5.74. The maximum atomic E-state index is 13.3. The molecule has 254 valence electrons. The third-order valence-corrected chi connectivity index (χ3v) is 8.48. The molecule has 48 heavy (non-hydrogen) atoms. The highest BCUT2D eigenvalue weighted by atomic mass is 32.2. The topological polar surface area (TPSA) is 301 Å². The van der Waals surface area contributed by atoms with Crippen LogP contribution in [0.5, 0.6) is 5.75 Å². The second kappa shape index (κ2) is 13.6. The summed E-state index contributed by atoms with van der Waals surface area (Å²) in [6.45, 7) is 1.76. The standard InChI is InChI=1S/C27H27N7O12S2/c1-27(2,25(41)42)46-33-21(16-11-47-26(28)32-16)19(36)7-14-17(34(24(14)40)48(43,44)45)9-30-22(38)12-4-3-5-13(6-12)31-23(39)15-8-18(35)20(37)10-29-15/h3-6,8,10-11,14,17,37H,7,9H2,1-2H3,(H2,28,32)(H,29,35)(H,30,38)(H,31,39)(H,41,42)(H,43,44,45)/b33-21-/t14-,17+/m0/s1. The van der Waals surface area contributed by atoms with Crippen molar-refractivity contribution in [2.45, 2.75) is 31.9 Å². The van der Waals surface area contributed by atoms with Crippen LogP contribution in [0.15, 0.2) is 51.9 Å². The number of aromatic hydroxyl groups is 1. The van der Waals surface area contributed by atoms with E-state index in [-0.39, 0.29) is 32.1 Å². The number of benzene rings is 1. The van der Waals surface area contributed by atoms with Crippen LogP contribution in [0.4, 0.5) is 10.8 Å². The van der Waals surface area contributed by atoms with Crippen molar-refractivity contribution >= 4 is 67.6 Å². The molecule has 0 radical (unpaired) electrons. The summed E-state index contributed by atoms with van der Waals surface area (Å²) in [5.74, 6) is -7.04. The molecule has 1 fully saturated rings. The number of Topliss-reactive ketones (excluding diaryl/α,β-unsaturated/α-hetero) is 1. The first-order chi connectivity index (χ1) is 22.4. The molecule has 0 bridgehead atoms. The van der Waals surface area contributed by atoms with E-state index >= 15 is 0 Å². The molecule has 19 nitrogen and oxygen atoms in total. The van der Waals surface area contributed by atoms with Crippen molar-refractivity contribution in [3.63, 3.8) is 0 Å². The van der Waals surface area contributed by atoms with E-state index in [1.165, 1.54) is 29.6 Å². The van der Waals surface area contributed by atoms with Crippen LogP contribution >= 0.6 is 11.3 Å². The molecule has 1 aliphatic rings. The maximum Gasteiger partial charge on any atom is 0.362 e. The number of hydrogen-bond acceptors (Lipinski definition) is 14. The number of carboxylic acid groups (broad SMARTS) is 1. The number of carboxylic acids is 1. The zero-order valence-electron chi connectivity index (χ0n) is 24.9. The predicted octanol–water partition coefficient (Wildman–Crippen LogP) is -0.0256. The molecule has 4 rings (SSSR count). The fraction of sp³-hybridized carbons (Fsp3) is 0.259. The smallest absolute Gasteiger partial charge is 0.362 e. The van der Waals surface area contributed by atoms with E-state index in [1.54, 1.807) is 0 Å². The summed E-state index contributed by atoms with van der Waals surface area (Å²) in [7, 11) is -5.12. The van der Waals surface area contributed by atoms with Crippen molar-refractivity contribution in [1.29, 1.82) is 0 Å². The molecule has 8 N–H and O–H groups in total. The lowest BCUT2D eigenvalue weighted by Crippen LogP contribution is -2.66. The van der Waals surface area contributed by atoms with Crippen LogP contribution < -0.4 is 21.8 Å². The molecule has 0 spiro atoms. The van der Waals surface area contributed by atoms with Gasteiger partial charge in [0.05, 0.1) is 12.0 Å². The third-order valence-electron chi connectivity index (χ3n) is 6.85. The van der Waals surface area contributed by atoms with Crippen molar-refractivity contribution < 1.29 is 52.0 Å². The van der Waals surface area contributed by atoms with Gasteiger partial charge in [0, 0.05) is 41.9 Å². The molecule has 1 saturated heterocycles. The number of amides is 3. The van der Waals surface area contributed by atoms with Gasteiger partial charge in [-0.2, -0.15) is 8.42 Å². The molecule has 0 aliphatic carbocycles. The number of thiazole rings is 1. The molecule has 0 saturated carbocycles. The highest BCUT2D eigenvalue weighted by molar-refractivity contribution is 7.84. The van der Waals surface area contributed by atoms with Crippen molar-refractivity contribution in [1.82, 2.24) is 19.6 Å². The second-order valence-corrected chi connectivity index (χ2v) is 12.9. The number of aromatic amines is 1. The number of aromatic nitrogens is 2. The van der Waals surface area contributed by atoms with Gasteiger partial charge in [0.25, 0.3) is 11.8 Å². The van der Waals surface area contributed by atoms with Crippen molar-refractivity contribution in [2.75, 3.05) is 17.6 Å². The zero-order valence-corrected chi connectivity index (χ0v) is 26.5. The Morgan fingerprint density at radius 1 is 1.19 bits per heavy atom. The van der Waals surface area contributed by atoms with Gasteiger partial charge in [-0.05, 0) is 32.0 Å². The van der Waals surface area contributed by atoms with Crippen LogP contribution in [-0.4, -0.2) is 90.8 Å². The summed E-state index contributed by atoms with van der Waals surface area (Å²) in [5.41, 5.74) is 2.27. The Labute approximate surface area is 274 Å². The molecule has 1 aliphatic heterocycles. The number of nitrogens with two attached hydrogens (primary N) is 1. The second-order valence-electron chi connectivity index (χ2n) is 10.7. The van der Waals surface area contributed by atoms with Crippen LogP contribution in [0.1, 0.15) is 46.8 Å². The van der Waals surface area contributed by atoms with E-state index in [9.17, 15) is 52.0 Å². The highest BCUT2D eigenvalue weighted by Gasteiger charge is 2.54. The number of ketones is 1. The van der Waals surface area contributed by atoms with Gasteiger partial charge in [0.1, 0.15) is 11.4 Å². The summed E-state index contributed by atoms with van der Waals surface area (Å²) in [6, 6.07) is 4.86. The number of oxime groups is 1. The normalized spacial score (nSPS) is 16.5. The van der Waals surface area contributed by atoms with Gasteiger partial charge < -0.3 is 36.4 Å². The van der Waals surface area contributed by atoms with Gasteiger partial charge in [-0.15, -0.1) is 11.3 Å². The van der Waals surface area contributed by atoms with E-state index in [0.29, 0.717) is 0 Å². The van der Waals surface area contributed by atoms with E-state index in [2.05, 4.69) is 25.8 Å². The predicted molar refractivity (Wildman–Crippen MR) is 167 cm³/mol. The minimum absolute atomic E-state index is 0.0276.